The van der Waals surface area contributed by atoms with Crippen molar-refractivity contribution >= 4 is 5.91 Å². The van der Waals surface area contributed by atoms with Crippen molar-refractivity contribution in [2.24, 2.45) is 0 Å². The third-order valence-electron chi connectivity index (χ3n) is 3.79. The first-order chi connectivity index (χ1) is 10.2. The first-order valence-electron chi connectivity index (χ1n) is 7.60. The van der Waals surface area contributed by atoms with Gasteiger partial charge in [-0.05, 0) is 44.4 Å². The molecule has 21 heavy (non-hydrogen) atoms. The smallest absolute Gasteiger partial charge is 0.221 e. The Labute approximate surface area is 127 Å². The number of aryl methyl sites for hydroxylation is 3. The van der Waals surface area contributed by atoms with Crippen LogP contribution in [0.3, 0.4) is 0 Å². The number of carbonyl (C=O) groups is 1. The fourth-order valence-electron chi connectivity index (χ4n) is 2.52. The number of amides is 1. The lowest BCUT2D eigenvalue weighted by Crippen LogP contribution is -2.26. The van der Waals surface area contributed by atoms with Gasteiger partial charge in [-0.15, -0.1) is 0 Å². The van der Waals surface area contributed by atoms with E-state index in [-0.39, 0.29) is 5.91 Å². The van der Waals surface area contributed by atoms with Gasteiger partial charge in [0.25, 0.3) is 0 Å². The lowest BCUT2D eigenvalue weighted by Gasteiger charge is -2.09. The fourth-order valence-corrected chi connectivity index (χ4v) is 2.52. The van der Waals surface area contributed by atoms with Crippen molar-refractivity contribution < 1.29 is 4.79 Å². The first-order valence-corrected chi connectivity index (χ1v) is 7.60. The van der Waals surface area contributed by atoms with E-state index < -0.39 is 0 Å². The molecule has 1 aromatic carbocycles. The van der Waals surface area contributed by atoms with Gasteiger partial charge in [-0.2, -0.15) is 0 Å². The SMILES string of the molecule is Cc1ccc(C)n1CCC(=O)NCCCc1ccccc1. The van der Waals surface area contributed by atoms with Gasteiger partial charge < -0.3 is 9.88 Å². The van der Waals surface area contributed by atoms with Crippen molar-refractivity contribution in [2.75, 3.05) is 6.54 Å². The summed E-state index contributed by atoms with van der Waals surface area (Å²) in [6.45, 7) is 5.65. The molecule has 0 saturated heterocycles. The average molecular weight is 284 g/mol. The molecule has 1 heterocycles. The van der Waals surface area contributed by atoms with E-state index in [4.69, 9.17) is 0 Å². The summed E-state index contributed by atoms with van der Waals surface area (Å²) in [6, 6.07) is 14.6. The summed E-state index contributed by atoms with van der Waals surface area (Å²) >= 11 is 0. The molecule has 0 saturated carbocycles. The van der Waals surface area contributed by atoms with Crippen LogP contribution in [-0.2, 0) is 17.8 Å². The van der Waals surface area contributed by atoms with Crippen LogP contribution in [0.2, 0.25) is 0 Å². The number of hydrogen-bond acceptors (Lipinski definition) is 1. The molecule has 2 rings (SSSR count). The maximum atomic E-state index is 11.8. The second kappa shape index (κ2) is 7.67. The van der Waals surface area contributed by atoms with Gasteiger partial charge in [0.05, 0.1) is 0 Å². The normalized spacial score (nSPS) is 10.6. The Bertz CT molecular complexity index is 553. The molecule has 1 aromatic heterocycles. The number of carbonyl (C=O) groups excluding carboxylic acids is 1. The quantitative estimate of drug-likeness (QED) is 0.778. The molecule has 1 amide bonds. The van der Waals surface area contributed by atoms with Crippen molar-refractivity contribution in [3.8, 4) is 0 Å². The van der Waals surface area contributed by atoms with Gasteiger partial charge in [-0.3, -0.25) is 4.79 Å². The van der Waals surface area contributed by atoms with Crippen molar-refractivity contribution in [1.82, 2.24) is 9.88 Å². The zero-order valence-corrected chi connectivity index (χ0v) is 12.9. The lowest BCUT2D eigenvalue weighted by atomic mass is 10.1. The van der Waals surface area contributed by atoms with Crippen LogP contribution in [0.5, 0.6) is 0 Å². The topological polar surface area (TPSA) is 34.0 Å². The van der Waals surface area contributed by atoms with Crippen LogP contribution in [-0.4, -0.2) is 17.0 Å². The molecule has 0 aliphatic rings. The number of rotatable bonds is 7. The summed E-state index contributed by atoms with van der Waals surface area (Å²) < 4.78 is 2.18. The van der Waals surface area contributed by atoms with Crippen LogP contribution < -0.4 is 5.32 Å². The van der Waals surface area contributed by atoms with Crippen LogP contribution in [0.4, 0.5) is 0 Å². The summed E-state index contributed by atoms with van der Waals surface area (Å²) in [6.07, 6.45) is 2.54. The Balaban J connectivity index is 1.64. The minimum Gasteiger partial charge on any atom is -0.356 e. The third kappa shape index (κ3) is 4.78. The predicted octanol–water partition coefficient (Wildman–Crippen LogP) is 3.24. The second-order valence-electron chi connectivity index (χ2n) is 5.46. The first kappa shape index (κ1) is 15.4. The van der Waals surface area contributed by atoms with E-state index in [1.54, 1.807) is 0 Å². The highest BCUT2D eigenvalue weighted by Gasteiger charge is 2.05. The maximum absolute atomic E-state index is 11.8. The average Bonchev–Trinajstić information content (AvgIpc) is 2.81. The molecule has 0 spiro atoms. The maximum Gasteiger partial charge on any atom is 0.221 e. The van der Waals surface area contributed by atoms with E-state index in [1.165, 1.54) is 17.0 Å². The minimum atomic E-state index is 0.135. The van der Waals surface area contributed by atoms with Crippen LogP contribution in [0.25, 0.3) is 0 Å². The molecular formula is C18H24N2O. The summed E-state index contributed by atoms with van der Waals surface area (Å²) in [5.41, 5.74) is 3.75. The number of hydrogen-bond donors (Lipinski definition) is 1. The predicted molar refractivity (Wildman–Crippen MR) is 86.3 cm³/mol. The van der Waals surface area contributed by atoms with E-state index in [2.05, 4.69) is 60.1 Å². The Morgan fingerprint density at radius 3 is 2.38 bits per heavy atom. The monoisotopic (exact) mass is 284 g/mol. The number of aromatic nitrogens is 1. The molecule has 1 N–H and O–H groups in total. The molecule has 0 unspecified atom stereocenters. The Morgan fingerprint density at radius 2 is 1.71 bits per heavy atom. The van der Waals surface area contributed by atoms with Crippen molar-refractivity contribution in [3.63, 3.8) is 0 Å². The van der Waals surface area contributed by atoms with E-state index in [9.17, 15) is 4.79 Å². The Kier molecular flexibility index (Phi) is 5.61. The fraction of sp³-hybridized carbons (Fsp3) is 0.389. The molecule has 3 nitrogen and oxygen atoms in total. The van der Waals surface area contributed by atoms with Crippen molar-refractivity contribution in [3.05, 3.63) is 59.4 Å². The number of nitrogens with one attached hydrogen (secondary N) is 1. The second-order valence-corrected chi connectivity index (χ2v) is 5.46. The van der Waals surface area contributed by atoms with Gasteiger partial charge in [-0.1, -0.05) is 30.3 Å². The molecule has 0 radical (unpaired) electrons. The van der Waals surface area contributed by atoms with Crippen LogP contribution in [0.1, 0.15) is 29.8 Å². The highest BCUT2D eigenvalue weighted by atomic mass is 16.1. The van der Waals surface area contributed by atoms with E-state index in [0.29, 0.717) is 6.42 Å². The van der Waals surface area contributed by atoms with E-state index in [0.717, 1.165) is 25.9 Å². The van der Waals surface area contributed by atoms with Crippen molar-refractivity contribution in [1.29, 1.82) is 0 Å². The molecule has 0 fully saturated rings. The largest absolute Gasteiger partial charge is 0.356 e. The van der Waals surface area contributed by atoms with Gasteiger partial charge in [0.15, 0.2) is 0 Å². The van der Waals surface area contributed by atoms with E-state index >= 15 is 0 Å². The van der Waals surface area contributed by atoms with Gasteiger partial charge in [0.1, 0.15) is 0 Å². The summed E-state index contributed by atoms with van der Waals surface area (Å²) in [5, 5.41) is 3.00. The summed E-state index contributed by atoms with van der Waals surface area (Å²) in [7, 11) is 0. The van der Waals surface area contributed by atoms with Crippen molar-refractivity contribution in [2.45, 2.75) is 39.7 Å². The Hall–Kier alpha value is -2.03. The number of nitrogens with zero attached hydrogens (tertiary/aromatic N) is 1. The highest BCUT2D eigenvalue weighted by molar-refractivity contribution is 5.75. The number of benzene rings is 1. The van der Waals surface area contributed by atoms with Gasteiger partial charge in [0.2, 0.25) is 5.91 Å². The van der Waals surface area contributed by atoms with E-state index in [1.807, 2.05) is 6.07 Å². The molecule has 3 heteroatoms. The van der Waals surface area contributed by atoms with Crippen LogP contribution in [0, 0.1) is 13.8 Å². The van der Waals surface area contributed by atoms with Gasteiger partial charge in [-0.25, -0.2) is 0 Å². The van der Waals surface area contributed by atoms with Crippen LogP contribution >= 0.6 is 0 Å². The zero-order valence-electron chi connectivity index (χ0n) is 12.9. The molecule has 0 atom stereocenters. The van der Waals surface area contributed by atoms with Crippen LogP contribution in [0.15, 0.2) is 42.5 Å². The molecule has 112 valence electrons. The minimum absolute atomic E-state index is 0.135. The molecule has 0 aliphatic carbocycles. The standard InChI is InChI=1S/C18H24N2O/c1-15-10-11-16(2)20(15)14-12-18(21)19-13-6-9-17-7-4-3-5-8-17/h3-5,7-8,10-11H,6,9,12-14H2,1-2H3,(H,19,21). The molecule has 0 aliphatic heterocycles. The lowest BCUT2D eigenvalue weighted by molar-refractivity contribution is -0.121. The third-order valence-corrected chi connectivity index (χ3v) is 3.79. The molecule has 0 bridgehead atoms. The summed E-state index contributed by atoms with van der Waals surface area (Å²) in [5.74, 6) is 0.135. The Morgan fingerprint density at radius 1 is 1.05 bits per heavy atom. The summed E-state index contributed by atoms with van der Waals surface area (Å²) in [4.78, 5) is 11.8. The van der Waals surface area contributed by atoms with Gasteiger partial charge >= 0.3 is 0 Å². The zero-order chi connectivity index (χ0) is 15.1. The highest BCUT2D eigenvalue weighted by Crippen LogP contribution is 2.07. The molecule has 2 aromatic rings. The molecular weight excluding hydrogens is 260 g/mol. The van der Waals surface area contributed by atoms with Gasteiger partial charge in [0, 0.05) is 30.9 Å².